The quantitative estimate of drug-likeness (QED) is 0.686. The van der Waals surface area contributed by atoms with Crippen LogP contribution < -0.4 is 5.73 Å². The number of hydrogen-bond acceptors (Lipinski definition) is 3. The molecule has 4 heteroatoms. The van der Waals surface area contributed by atoms with Gasteiger partial charge in [-0.15, -0.1) is 0 Å². The van der Waals surface area contributed by atoms with Crippen molar-refractivity contribution in [3.63, 3.8) is 0 Å². The first-order valence-corrected chi connectivity index (χ1v) is 5.05. The Labute approximate surface area is 86.4 Å². The van der Waals surface area contributed by atoms with Crippen LogP contribution in [0.5, 0.6) is 0 Å². The molecule has 0 radical (unpaired) electrons. The fraction of sp³-hybridized carbons (Fsp3) is 0.900. The molecule has 4 nitrogen and oxygen atoms in total. The van der Waals surface area contributed by atoms with Crippen molar-refractivity contribution >= 4 is 5.91 Å². The Morgan fingerprint density at radius 3 is 2.57 bits per heavy atom. The lowest BCUT2D eigenvalue weighted by Crippen LogP contribution is -2.46. The van der Waals surface area contributed by atoms with Gasteiger partial charge in [-0.3, -0.25) is 4.79 Å². The molecule has 0 aromatic heterocycles. The van der Waals surface area contributed by atoms with Gasteiger partial charge in [-0.1, -0.05) is 13.3 Å². The minimum absolute atomic E-state index is 0.00333. The van der Waals surface area contributed by atoms with Crippen molar-refractivity contribution in [3.05, 3.63) is 0 Å². The number of nitrogens with two attached hydrogens (primary N) is 1. The van der Waals surface area contributed by atoms with Crippen molar-refractivity contribution in [2.75, 3.05) is 20.8 Å². The molecule has 0 aliphatic heterocycles. The van der Waals surface area contributed by atoms with Gasteiger partial charge in [0.1, 0.15) is 0 Å². The van der Waals surface area contributed by atoms with E-state index in [1.807, 2.05) is 13.8 Å². The summed E-state index contributed by atoms with van der Waals surface area (Å²) in [5, 5.41) is 0. The maximum atomic E-state index is 11.7. The molecule has 0 bridgehead atoms. The Kier molecular flexibility index (Phi) is 6.49. The van der Waals surface area contributed by atoms with Crippen LogP contribution in [0.4, 0.5) is 0 Å². The second-order valence-electron chi connectivity index (χ2n) is 3.65. The zero-order valence-corrected chi connectivity index (χ0v) is 9.62. The number of ether oxygens (including phenoxy) is 1. The zero-order chi connectivity index (χ0) is 11.1. The first-order chi connectivity index (χ1) is 6.54. The molecule has 0 heterocycles. The van der Waals surface area contributed by atoms with Gasteiger partial charge in [-0.2, -0.15) is 0 Å². The third-order valence-corrected chi connectivity index (χ3v) is 2.33. The van der Waals surface area contributed by atoms with Gasteiger partial charge in [0.05, 0.1) is 18.7 Å². The molecule has 14 heavy (non-hydrogen) atoms. The molecule has 0 aliphatic rings. The van der Waals surface area contributed by atoms with Crippen LogP contribution in [0.25, 0.3) is 0 Å². The van der Waals surface area contributed by atoms with E-state index in [2.05, 4.69) is 0 Å². The molecule has 0 fully saturated rings. The van der Waals surface area contributed by atoms with E-state index < -0.39 is 0 Å². The molecule has 2 N–H and O–H groups in total. The van der Waals surface area contributed by atoms with Gasteiger partial charge in [-0.25, -0.2) is 0 Å². The smallest absolute Gasteiger partial charge is 0.239 e. The Bertz CT molecular complexity index is 174. The van der Waals surface area contributed by atoms with Crippen LogP contribution in [0.2, 0.25) is 0 Å². The molecule has 0 aliphatic carbocycles. The summed E-state index contributed by atoms with van der Waals surface area (Å²) >= 11 is 0. The van der Waals surface area contributed by atoms with E-state index >= 15 is 0 Å². The van der Waals surface area contributed by atoms with E-state index in [1.54, 1.807) is 19.1 Å². The van der Waals surface area contributed by atoms with Crippen LogP contribution in [0, 0.1) is 0 Å². The third kappa shape index (κ3) is 4.07. The van der Waals surface area contributed by atoms with E-state index in [-0.39, 0.29) is 18.0 Å². The van der Waals surface area contributed by atoms with Crippen LogP contribution in [0.1, 0.15) is 26.7 Å². The third-order valence-electron chi connectivity index (χ3n) is 2.33. The van der Waals surface area contributed by atoms with Crippen molar-refractivity contribution in [1.82, 2.24) is 4.90 Å². The van der Waals surface area contributed by atoms with Crippen LogP contribution in [0.15, 0.2) is 0 Å². The SMILES string of the molecule is CCCC(N)C(=O)N(C)C(C)COC. The second kappa shape index (κ2) is 6.79. The lowest BCUT2D eigenvalue weighted by molar-refractivity contribution is -0.134. The Balaban J connectivity index is 4.09. The molecule has 0 saturated carbocycles. The molecule has 0 aromatic carbocycles. The molecular weight excluding hydrogens is 180 g/mol. The average Bonchev–Trinajstić information content (AvgIpc) is 2.16. The van der Waals surface area contributed by atoms with E-state index in [1.165, 1.54) is 0 Å². The summed E-state index contributed by atoms with van der Waals surface area (Å²) in [7, 11) is 3.39. The Morgan fingerprint density at radius 2 is 2.14 bits per heavy atom. The zero-order valence-electron chi connectivity index (χ0n) is 9.62. The summed E-state index contributed by atoms with van der Waals surface area (Å²) in [5.74, 6) is -0.00333. The highest BCUT2D eigenvalue weighted by Gasteiger charge is 2.20. The van der Waals surface area contributed by atoms with Gasteiger partial charge in [0.15, 0.2) is 0 Å². The highest BCUT2D eigenvalue weighted by molar-refractivity contribution is 5.81. The maximum absolute atomic E-state index is 11.7. The summed E-state index contributed by atoms with van der Waals surface area (Å²) in [4.78, 5) is 13.4. The van der Waals surface area contributed by atoms with E-state index in [0.29, 0.717) is 6.61 Å². The molecule has 0 aromatic rings. The van der Waals surface area contributed by atoms with Crippen molar-refractivity contribution < 1.29 is 9.53 Å². The number of methoxy groups -OCH3 is 1. The van der Waals surface area contributed by atoms with Crippen molar-refractivity contribution in [2.45, 2.75) is 38.8 Å². The summed E-state index contributed by atoms with van der Waals surface area (Å²) in [5.41, 5.74) is 5.73. The lowest BCUT2D eigenvalue weighted by Gasteiger charge is -2.26. The number of likely N-dealkylation sites (N-methyl/N-ethyl adjacent to an activating group) is 1. The van der Waals surface area contributed by atoms with Gasteiger partial charge >= 0.3 is 0 Å². The predicted octanol–water partition coefficient (Wildman–Crippen LogP) is 0.607. The monoisotopic (exact) mass is 202 g/mol. The number of carbonyl (C=O) groups excluding carboxylic acids is 1. The number of rotatable bonds is 6. The van der Waals surface area contributed by atoms with Gasteiger partial charge in [-0.05, 0) is 13.3 Å². The fourth-order valence-electron chi connectivity index (χ4n) is 1.27. The summed E-state index contributed by atoms with van der Waals surface area (Å²) in [6.07, 6.45) is 1.67. The van der Waals surface area contributed by atoms with E-state index in [0.717, 1.165) is 12.8 Å². The first-order valence-electron chi connectivity index (χ1n) is 5.05. The standard InChI is InChI=1S/C10H22N2O2/c1-5-6-9(11)10(13)12(3)8(2)7-14-4/h8-9H,5-7,11H2,1-4H3. The number of carbonyl (C=O) groups is 1. The van der Waals surface area contributed by atoms with Gasteiger partial charge in [0.2, 0.25) is 5.91 Å². The molecule has 1 amide bonds. The average molecular weight is 202 g/mol. The fourth-order valence-corrected chi connectivity index (χ4v) is 1.27. The number of hydrogen-bond donors (Lipinski definition) is 1. The van der Waals surface area contributed by atoms with Crippen LogP contribution >= 0.6 is 0 Å². The normalized spacial score (nSPS) is 14.9. The van der Waals surface area contributed by atoms with Crippen LogP contribution in [-0.4, -0.2) is 43.7 Å². The first kappa shape index (κ1) is 13.4. The molecule has 0 saturated heterocycles. The molecule has 2 atom stereocenters. The second-order valence-corrected chi connectivity index (χ2v) is 3.65. The summed E-state index contributed by atoms with van der Waals surface area (Å²) in [6.45, 7) is 4.51. The van der Waals surface area contributed by atoms with Crippen molar-refractivity contribution in [1.29, 1.82) is 0 Å². The predicted molar refractivity (Wildman–Crippen MR) is 57.0 cm³/mol. The Morgan fingerprint density at radius 1 is 1.57 bits per heavy atom. The Hall–Kier alpha value is -0.610. The highest BCUT2D eigenvalue weighted by Crippen LogP contribution is 2.02. The minimum atomic E-state index is -0.371. The van der Waals surface area contributed by atoms with Crippen LogP contribution in [-0.2, 0) is 9.53 Å². The summed E-state index contributed by atoms with van der Waals surface area (Å²) in [6, 6.07) is -0.292. The molecule has 0 spiro atoms. The topological polar surface area (TPSA) is 55.6 Å². The molecule has 2 unspecified atom stereocenters. The largest absolute Gasteiger partial charge is 0.383 e. The lowest BCUT2D eigenvalue weighted by atomic mass is 10.1. The van der Waals surface area contributed by atoms with Gasteiger partial charge in [0.25, 0.3) is 0 Å². The minimum Gasteiger partial charge on any atom is -0.383 e. The van der Waals surface area contributed by atoms with Crippen molar-refractivity contribution in [2.24, 2.45) is 5.73 Å². The van der Waals surface area contributed by atoms with Crippen LogP contribution in [0.3, 0.4) is 0 Å². The van der Waals surface area contributed by atoms with Gasteiger partial charge < -0.3 is 15.4 Å². The number of amides is 1. The van der Waals surface area contributed by atoms with E-state index in [4.69, 9.17) is 10.5 Å². The van der Waals surface area contributed by atoms with Gasteiger partial charge in [0, 0.05) is 14.2 Å². The molecule has 0 rings (SSSR count). The number of nitrogens with zero attached hydrogens (tertiary/aromatic N) is 1. The van der Waals surface area contributed by atoms with Crippen molar-refractivity contribution in [3.8, 4) is 0 Å². The summed E-state index contributed by atoms with van der Waals surface area (Å²) < 4.78 is 4.98. The highest BCUT2D eigenvalue weighted by atomic mass is 16.5. The molecule has 84 valence electrons. The maximum Gasteiger partial charge on any atom is 0.239 e. The van der Waals surface area contributed by atoms with E-state index in [9.17, 15) is 4.79 Å². The molecular formula is C10H22N2O2.